The summed E-state index contributed by atoms with van der Waals surface area (Å²) in [6, 6.07) is 4.33. The number of halogens is 1. The number of ether oxygens (including phenoxy) is 1. The number of anilines is 2. The molecule has 1 fully saturated rings. The summed E-state index contributed by atoms with van der Waals surface area (Å²) in [4.78, 5) is 22.4. The van der Waals surface area contributed by atoms with E-state index in [9.17, 15) is 14.3 Å². The topological polar surface area (TPSA) is 96.4 Å². The number of rotatable bonds is 6. The quantitative estimate of drug-likeness (QED) is 0.524. The van der Waals surface area contributed by atoms with Gasteiger partial charge in [0.05, 0.1) is 28.2 Å². The molecule has 0 aliphatic heterocycles. The Bertz CT molecular complexity index is 1100. The highest BCUT2D eigenvalue weighted by atomic mass is 32.1. The number of amides is 1. The molecule has 9 heteroatoms. The first kappa shape index (κ1) is 21.5. The molecule has 164 valence electrons. The molecule has 1 saturated carbocycles. The summed E-state index contributed by atoms with van der Waals surface area (Å²) >= 11 is 1.31. The number of benzene rings is 1. The van der Waals surface area contributed by atoms with Crippen LogP contribution in [0.5, 0.6) is 5.75 Å². The van der Waals surface area contributed by atoms with Gasteiger partial charge in [-0.15, -0.1) is 11.3 Å². The van der Waals surface area contributed by atoms with Gasteiger partial charge < -0.3 is 20.5 Å². The third-order valence-electron chi connectivity index (χ3n) is 5.40. The average Bonchev–Trinajstić information content (AvgIpc) is 3.09. The number of nitrogens with zero attached hydrogens (tertiary/aromatic N) is 2. The summed E-state index contributed by atoms with van der Waals surface area (Å²) in [6.07, 6.45) is 3.85. The predicted molar refractivity (Wildman–Crippen MR) is 119 cm³/mol. The maximum absolute atomic E-state index is 14.0. The van der Waals surface area contributed by atoms with Gasteiger partial charge in [0.25, 0.3) is 5.91 Å². The van der Waals surface area contributed by atoms with Gasteiger partial charge >= 0.3 is 0 Å². The first-order chi connectivity index (χ1) is 15.0. The summed E-state index contributed by atoms with van der Waals surface area (Å²) in [5.41, 5.74) is 1.37. The summed E-state index contributed by atoms with van der Waals surface area (Å²) in [5.74, 6) is 0.392. The summed E-state index contributed by atoms with van der Waals surface area (Å²) in [6.45, 7) is 4.28. The van der Waals surface area contributed by atoms with Crippen LogP contribution in [-0.4, -0.2) is 39.7 Å². The lowest BCUT2D eigenvalue weighted by molar-refractivity contribution is 0.0668. The molecule has 0 atom stereocenters. The van der Waals surface area contributed by atoms with Crippen LogP contribution >= 0.6 is 11.3 Å². The first-order valence-electron chi connectivity index (χ1n) is 10.4. The zero-order valence-corrected chi connectivity index (χ0v) is 18.3. The SMILES string of the molecule is CCNC(=O)c1sc2ncnc(Nc3ccc(F)cc3OC3CCC(O)CC3)c2c1C. The van der Waals surface area contributed by atoms with Crippen molar-refractivity contribution in [3.05, 3.63) is 40.8 Å². The predicted octanol–water partition coefficient (Wildman–Crippen LogP) is 4.31. The summed E-state index contributed by atoms with van der Waals surface area (Å²) in [7, 11) is 0. The van der Waals surface area contributed by atoms with Crippen LogP contribution in [0.25, 0.3) is 10.2 Å². The van der Waals surface area contributed by atoms with E-state index in [0.717, 1.165) is 10.9 Å². The van der Waals surface area contributed by atoms with E-state index in [2.05, 4.69) is 20.6 Å². The Morgan fingerprint density at radius 3 is 2.81 bits per heavy atom. The van der Waals surface area contributed by atoms with Crippen molar-refractivity contribution in [3.8, 4) is 5.75 Å². The number of thiophene rings is 1. The number of hydrogen-bond donors (Lipinski definition) is 3. The standard InChI is InChI=1S/C22H25FN4O3S/c1-3-24-21(29)19-12(2)18-20(25-11-26-22(18)31-19)27-16-9-4-13(23)10-17(16)30-15-7-5-14(28)6-8-15/h4,9-11,14-15,28H,3,5-8H2,1-2H3,(H,24,29)(H,25,26,27). The van der Waals surface area contributed by atoms with Crippen molar-refractivity contribution < 1.29 is 19.0 Å². The van der Waals surface area contributed by atoms with Gasteiger partial charge in [0, 0.05) is 12.6 Å². The second kappa shape index (κ2) is 9.15. The van der Waals surface area contributed by atoms with E-state index in [-0.39, 0.29) is 18.1 Å². The highest BCUT2D eigenvalue weighted by molar-refractivity contribution is 7.20. The lowest BCUT2D eigenvalue weighted by Gasteiger charge is -2.27. The van der Waals surface area contributed by atoms with Gasteiger partial charge in [0.15, 0.2) is 0 Å². The number of carbonyl (C=O) groups excluding carboxylic acids is 1. The van der Waals surface area contributed by atoms with E-state index in [1.807, 2.05) is 13.8 Å². The van der Waals surface area contributed by atoms with E-state index in [1.165, 1.54) is 29.8 Å². The number of aryl methyl sites for hydroxylation is 1. The third-order valence-corrected chi connectivity index (χ3v) is 6.60. The van der Waals surface area contributed by atoms with Crippen LogP contribution < -0.4 is 15.4 Å². The minimum absolute atomic E-state index is 0.0802. The van der Waals surface area contributed by atoms with Gasteiger partial charge in [-0.05, 0) is 57.2 Å². The van der Waals surface area contributed by atoms with Gasteiger partial charge in [0.1, 0.15) is 28.5 Å². The number of aliphatic hydroxyl groups is 1. The highest BCUT2D eigenvalue weighted by Crippen LogP contribution is 2.37. The van der Waals surface area contributed by atoms with E-state index < -0.39 is 5.82 Å². The zero-order chi connectivity index (χ0) is 22.0. The van der Waals surface area contributed by atoms with Crippen LogP contribution in [0.15, 0.2) is 24.5 Å². The monoisotopic (exact) mass is 444 g/mol. The molecule has 1 amide bonds. The molecule has 0 radical (unpaired) electrons. The fourth-order valence-electron chi connectivity index (χ4n) is 3.79. The Labute approximate surface area is 183 Å². The molecule has 3 N–H and O–H groups in total. The van der Waals surface area contributed by atoms with Crippen LogP contribution in [0.1, 0.15) is 47.8 Å². The maximum Gasteiger partial charge on any atom is 0.261 e. The molecule has 1 aliphatic carbocycles. The van der Waals surface area contributed by atoms with E-state index in [0.29, 0.717) is 59.2 Å². The van der Waals surface area contributed by atoms with Crippen LogP contribution in [0.2, 0.25) is 0 Å². The minimum atomic E-state index is -0.394. The molecule has 31 heavy (non-hydrogen) atoms. The van der Waals surface area contributed by atoms with Gasteiger partial charge in [-0.1, -0.05) is 0 Å². The fourth-order valence-corrected chi connectivity index (χ4v) is 4.86. The van der Waals surface area contributed by atoms with Crippen LogP contribution in [0, 0.1) is 12.7 Å². The highest BCUT2D eigenvalue weighted by Gasteiger charge is 2.23. The Morgan fingerprint density at radius 2 is 2.06 bits per heavy atom. The summed E-state index contributed by atoms with van der Waals surface area (Å²) < 4.78 is 20.1. The van der Waals surface area contributed by atoms with Crippen molar-refractivity contribution >= 4 is 39.0 Å². The van der Waals surface area contributed by atoms with Gasteiger partial charge in [0.2, 0.25) is 0 Å². The van der Waals surface area contributed by atoms with Crippen LogP contribution in [0.3, 0.4) is 0 Å². The Kier molecular flexibility index (Phi) is 6.33. The van der Waals surface area contributed by atoms with E-state index in [1.54, 1.807) is 6.07 Å². The smallest absolute Gasteiger partial charge is 0.261 e. The van der Waals surface area contributed by atoms with Gasteiger partial charge in [-0.3, -0.25) is 4.79 Å². The molecule has 0 bridgehead atoms. The van der Waals surface area contributed by atoms with Crippen LogP contribution in [-0.2, 0) is 0 Å². The second-order valence-corrected chi connectivity index (χ2v) is 8.63. The minimum Gasteiger partial charge on any atom is -0.488 e. The number of aromatic nitrogens is 2. The van der Waals surface area contributed by atoms with Crippen molar-refractivity contribution in [2.75, 3.05) is 11.9 Å². The zero-order valence-electron chi connectivity index (χ0n) is 17.4. The molecule has 7 nitrogen and oxygen atoms in total. The molecule has 2 aromatic heterocycles. The molecule has 0 unspecified atom stereocenters. The molecule has 1 aromatic carbocycles. The summed E-state index contributed by atoms with van der Waals surface area (Å²) in [5, 5.41) is 16.5. The Morgan fingerprint density at radius 1 is 1.29 bits per heavy atom. The van der Waals surface area contributed by atoms with Gasteiger partial charge in [-0.25, -0.2) is 14.4 Å². The van der Waals surface area contributed by atoms with Crippen molar-refractivity contribution in [3.63, 3.8) is 0 Å². The number of carbonyl (C=O) groups is 1. The van der Waals surface area contributed by atoms with E-state index in [4.69, 9.17) is 4.74 Å². The number of aliphatic hydroxyl groups excluding tert-OH is 1. The lowest BCUT2D eigenvalue weighted by Crippen LogP contribution is -2.26. The number of hydrogen-bond acceptors (Lipinski definition) is 7. The second-order valence-electron chi connectivity index (χ2n) is 7.63. The molecule has 0 saturated heterocycles. The largest absolute Gasteiger partial charge is 0.488 e. The van der Waals surface area contributed by atoms with Gasteiger partial charge in [-0.2, -0.15) is 0 Å². The molecule has 0 spiro atoms. The van der Waals surface area contributed by atoms with Crippen LogP contribution in [0.4, 0.5) is 15.9 Å². The Hall–Kier alpha value is -2.78. The number of fused-ring (bicyclic) bond motifs is 1. The fraction of sp³-hybridized carbons (Fsp3) is 0.409. The van der Waals surface area contributed by atoms with Crippen molar-refractivity contribution in [2.45, 2.75) is 51.7 Å². The van der Waals surface area contributed by atoms with Crippen molar-refractivity contribution in [2.24, 2.45) is 0 Å². The lowest BCUT2D eigenvalue weighted by atomic mass is 9.95. The van der Waals surface area contributed by atoms with Crippen molar-refractivity contribution in [1.82, 2.24) is 15.3 Å². The van der Waals surface area contributed by atoms with Crippen molar-refractivity contribution in [1.29, 1.82) is 0 Å². The number of nitrogens with one attached hydrogen (secondary N) is 2. The molecule has 3 aromatic rings. The molecule has 2 heterocycles. The molecule has 1 aliphatic rings. The maximum atomic E-state index is 14.0. The molecule has 4 rings (SSSR count). The normalized spacial score (nSPS) is 18.7. The first-order valence-corrected chi connectivity index (χ1v) is 11.2. The third kappa shape index (κ3) is 4.62. The average molecular weight is 445 g/mol. The molecular formula is C22H25FN4O3S. The molecular weight excluding hydrogens is 419 g/mol. The Balaban J connectivity index is 1.65. The van der Waals surface area contributed by atoms with E-state index >= 15 is 0 Å².